The lowest BCUT2D eigenvalue weighted by molar-refractivity contribution is 0.239. The van der Waals surface area contributed by atoms with E-state index >= 15 is 0 Å². The summed E-state index contributed by atoms with van der Waals surface area (Å²) >= 11 is 0. The minimum atomic E-state index is 0.187. The molecular weight excluding hydrogens is 324 g/mol. The van der Waals surface area contributed by atoms with Gasteiger partial charge in [-0.1, -0.05) is 31.0 Å². The van der Waals surface area contributed by atoms with Crippen LogP contribution in [-0.2, 0) is 19.5 Å². The minimum Gasteiger partial charge on any atom is -0.488 e. The number of likely N-dealkylation sites (N-methyl/N-ethyl adjacent to an activating group) is 1. The van der Waals surface area contributed by atoms with Crippen molar-refractivity contribution in [2.24, 2.45) is 0 Å². The number of nitrogens with zero attached hydrogens (tertiary/aromatic N) is 3. The first-order valence-electron chi connectivity index (χ1n) is 9.84. The molecule has 2 aromatic rings. The Bertz CT molecular complexity index is 791. The molecule has 136 valence electrons. The van der Waals surface area contributed by atoms with E-state index < -0.39 is 0 Å². The van der Waals surface area contributed by atoms with Crippen LogP contribution >= 0.6 is 0 Å². The molecule has 0 unspecified atom stereocenters. The van der Waals surface area contributed by atoms with E-state index in [0.29, 0.717) is 5.92 Å². The topological polar surface area (TPSA) is 50.3 Å². The van der Waals surface area contributed by atoms with Crippen LogP contribution in [0, 0.1) is 0 Å². The number of para-hydroxylation sites is 1. The second-order valence-corrected chi connectivity index (χ2v) is 7.85. The van der Waals surface area contributed by atoms with Crippen LogP contribution in [0.3, 0.4) is 0 Å². The molecule has 0 radical (unpaired) electrons. The van der Waals surface area contributed by atoms with E-state index in [1.807, 2.05) is 6.07 Å². The molecule has 1 aromatic heterocycles. The summed E-state index contributed by atoms with van der Waals surface area (Å²) in [4.78, 5) is 12.2. The van der Waals surface area contributed by atoms with Gasteiger partial charge in [0.15, 0.2) is 0 Å². The lowest BCUT2D eigenvalue weighted by Gasteiger charge is -2.25. The summed E-state index contributed by atoms with van der Waals surface area (Å²) in [7, 11) is 2.14. The molecule has 3 heterocycles. The largest absolute Gasteiger partial charge is 0.488 e. The number of aromatic nitrogens is 2. The van der Waals surface area contributed by atoms with Gasteiger partial charge in [-0.25, -0.2) is 9.97 Å². The van der Waals surface area contributed by atoms with Crippen molar-refractivity contribution < 1.29 is 4.74 Å². The summed E-state index contributed by atoms with van der Waals surface area (Å²) in [6.45, 7) is 2.58. The third-order valence-electron chi connectivity index (χ3n) is 5.96. The van der Waals surface area contributed by atoms with E-state index in [4.69, 9.17) is 14.7 Å². The molecule has 1 atom stereocenters. The number of anilines is 1. The van der Waals surface area contributed by atoms with Gasteiger partial charge < -0.3 is 15.0 Å². The first-order valence-corrected chi connectivity index (χ1v) is 9.84. The quantitative estimate of drug-likeness (QED) is 0.918. The lowest BCUT2D eigenvalue weighted by atomic mass is 10.1. The standard InChI is InChI=1S/C21H26N4O/c1-25(13-16-10-15-8-4-5-9-19(15)26-16)21-17-11-22-12-18(17)23-20(24-21)14-6-2-3-7-14/h4-5,8-9,14,16,22H,2-3,6-7,10-13H2,1H3/t16-/m0/s1. The predicted octanol–water partition coefficient (Wildman–Crippen LogP) is 3.18. The summed E-state index contributed by atoms with van der Waals surface area (Å²) in [5, 5.41) is 3.45. The van der Waals surface area contributed by atoms with Gasteiger partial charge in [-0.05, 0) is 24.5 Å². The van der Waals surface area contributed by atoms with Crippen LogP contribution in [0.5, 0.6) is 5.75 Å². The number of benzene rings is 1. The normalized spacial score (nSPS) is 21.5. The molecule has 26 heavy (non-hydrogen) atoms. The maximum absolute atomic E-state index is 6.15. The summed E-state index contributed by atoms with van der Waals surface area (Å²) in [6.07, 6.45) is 6.24. The molecule has 5 nitrogen and oxygen atoms in total. The third-order valence-corrected chi connectivity index (χ3v) is 5.96. The van der Waals surface area contributed by atoms with Crippen LogP contribution < -0.4 is 15.0 Å². The Morgan fingerprint density at radius 1 is 1.15 bits per heavy atom. The molecule has 0 amide bonds. The van der Waals surface area contributed by atoms with E-state index in [1.54, 1.807) is 0 Å². The number of ether oxygens (including phenoxy) is 1. The van der Waals surface area contributed by atoms with Crippen LogP contribution in [-0.4, -0.2) is 29.7 Å². The van der Waals surface area contributed by atoms with E-state index in [9.17, 15) is 0 Å². The van der Waals surface area contributed by atoms with Gasteiger partial charge in [-0.3, -0.25) is 0 Å². The van der Waals surface area contributed by atoms with Gasteiger partial charge in [-0.2, -0.15) is 0 Å². The number of rotatable bonds is 4. The minimum absolute atomic E-state index is 0.187. The summed E-state index contributed by atoms with van der Waals surface area (Å²) in [5.74, 6) is 3.73. The van der Waals surface area contributed by atoms with Crippen molar-refractivity contribution in [3.05, 3.63) is 46.9 Å². The van der Waals surface area contributed by atoms with Gasteiger partial charge in [0.2, 0.25) is 0 Å². The highest BCUT2D eigenvalue weighted by atomic mass is 16.5. The van der Waals surface area contributed by atoms with Gasteiger partial charge in [0.25, 0.3) is 0 Å². The average Bonchev–Trinajstić information content (AvgIpc) is 3.39. The average molecular weight is 350 g/mol. The molecule has 0 spiro atoms. The fourth-order valence-corrected chi connectivity index (χ4v) is 4.60. The van der Waals surface area contributed by atoms with Crippen molar-refractivity contribution in [2.45, 2.75) is 57.2 Å². The zero-order valence-corrected chi connectivity index (χ0v) is 15.4. The molecule has 5 heteroatoms. The Morgan fingerprint density at radius 3 is 2.85 bits per heavy atom. The van der Waals surface area contributed by atoms with Crippen molar-refractivity contribution in [3.63, 3.8) is 0 Å². The molecule has 3 aliphatic rings. The first-order chi connectivity index (χ1) is 12.8. The SMILES string of the molecule is CN(C[C@@H]1Cc2ccccc2O1)c1nc(C2CCCC2)nc2c1CNC2. The molecule has 2 aliphatic heterocycles. The molecular formula is C21H26N4O. The van der Waals surface area contributed by atoms with E-state index in [0.717, 1.165) is 43.4 Å². The van der Waals surface area contributed by atoms with Crippen molar-refractivity contribution in [1.82, 2.24) is 15.3 Å². The molecule has 1 aromatic carbocycles. The summed E-state index contributed by atoms with van der Waals surface area (Å²) in [5.41, 5.74) is 3.77. The number of nitrogens with one attached hydrogen (secondary N) is 1. The Balaban J connectivity index is 1.39. The van der Waals surface area contributed by atoms with Gasteiger partial charge in [0.1, 0.15) is 23.5 Å². The molecule has 5 rings (SSSR count). The zero-order chi connectivity index (χ0) is 17.5. The lowest BCUT2D eigenvalue weighted by Crippen LogP contribution is -2.33. The molecule has 1 N–H and O–H groups in total. The Hall–Kier alpha value is -2.14. The second-order valence-electron chi connectivity index (χ2n) is 7.85. The van der Waals surface area contributed by atoms with Crippen molar-refractivity contribution in [2.75, 3.05) is 18.5 Å². The Kier molecular flexibility index (Phi) is 4.04. The van der Waals surface area contributed by atoms with Crippen LogP contribution in [0.15, 0.2) is 24.3 Å². The second kappa shape index (κ2) is 6.54. The Morgan fingerprint density at radius 2 is 2.00 bits per heavy atom. The van der Waals surface area contributed by atoms with Gasteiger partial charge in [0.05, 0.1) is 12.2 Å². The maximum Gasteiger partial charge on any atom is 0.137 e. The summed E-state index contributed by atoms with van der Waals surface area (Å²) < 4.78 is 6.15. The fraction of sp³-hybridized carbons (Fsp3) is 0.524. The first kappa shape index (κ1) is 16.1. The van der Waals surface area contributed by atoms with Crippen molar-refractivity contribution in [3.8, 4) is 5.75 Å². The number of hydrogen-bond acceptors (Lipinski definition) is 5. The zero-order valence-electron chi connectivity index (χ0n) is 15.4. The van der Waals surface area contributed by atoms with Crippen LogP contribution in [0.1, 0.15) is 54.2 Å². The maximum atomic E-state index is 6.15. The van der Waals surface area contributed by atoms with Crippen LogP contribution in [0.2, 0.25) is 0 Å². The van der Waals surface area contributed by atoms with Gasteiger partial charge in [0, 0.05) is 38.0 Å². The monoisotopic (exact) mass is 350 g/mol. The highest BCUT2D eigenvalue weighted by molar-refractivity contribution is 5.51. The molecule has 1 fully saturated rings. The van der Waals surface area contributed by atoms with E-state index in [-0.39, 0.29) is 6.10 Å². The van der Waals surface area contributed by atoms with E-state index in [1.165, 1.54) is 42.5 Å². The van der Waals surface area contributed by atoms with Crippen LogP contribution in [0.25, 0.3) is 0 Å². The van der Waals surface area contributed by atoms with Crippen molar-refractivity contribution in [1.29, 1.82) is 0 Å². The predicted molar refractivity (Wildman–Crippen MR) is 102 cm³/mol. The summed E-state index contributed by atoms with van der Waals surface area (Å²) in [6, 6.07) is 8.37. The fourth-order valence-electron chi connectivity index (χ4n) is 4.60. The smallest absolute Gasteiger partial charge is 0.137 e. The van der Waals surface area contributed by atoms with Crippen LogP contribution in [0.4, 0.5) is 5.82 Å². The van der Waals surface area contributed by atoms with Gasteiger partial charge >= 0.3 is 0 Å². The van der Waals surface area contributed by atoms with Crippen molar-refractivity contribution >= 4 is 5.82 Å². The Labute approximate surface area is 154 Å². The highest BCUT2D eigenvalue weighted by Crippen LogP contribution is 2.35. The molecule has 1 saturated carbocycles. The number of fused-ring (bicyclic) bond motifs is 2. The molecule has 1 aliphatic carbocycles. The molecule has 0 saturated heterocycles. The molecule has 0 bridgehead atoms. The third kappa shape index (κ3) is 2.84. The van der Waals surface area contributed by atoms with Gasteiger partial charge in [-0.15, -0.1) is 0 Å². The van der Waals surface area contributed by atoms with E-state index in [2.05, 4.69) is 35.5 Å². The highest BCUT2D eigenvalue weighted by Gasteiger charge is 2.29. The number of hydrogen-bond donors (Lipinski definition) is 1.